The number of esters is 1. The normalized spacial score (nSPS) is 46.2. The summed E-state index contributed by atoms with van der Waals surface area (Å²) < 4.78 is 5.54. The Balaban J connectivity index is 1.59. The van der Waals surface area contributed by atoms with E-state index in [9.17, 15) is 9.90 Å². The Morgan fingerprint density at radius 2 is 1.96 bits per heavy atom. The van der Waals surface area contributed by atoms with Crippen molar-refractivity contribution in [3.63, 3.8) is 0 Å². The number of carbonyl (C=O) groups excluding carboxylic acids is 1. The predicted octanol–water partition coefficient (Wildman–Crippen LogP) is 4.80. The summed E-state index contributed by atoms with van der Waals surface area (Å²) in [6.45, 7) is 6.66. The van der Waals surface area contributed by atoms with Crippen LogP contribution in [0.5, 0.6) is 0 Å². The van der Waals surface area contributed by atoms with Crippen LogP contribution in [0, 0.1) is 28.6 Å². The third-order valence-corrected chi connectivity index (χ3v) is 8.58. The summed E-state index contributed by atoms with van der Waals surface area (Å²) in [7, 11) is 0. The van der Waals surface area contributed by atoms with Crippen LogP contribution in [-0.4, -0.2) is 23.8 Å². The van der Waals surface area contributed by atoms with E-state index in [-0.39, 0.29) is 18.7 Å². The summed E-state index contributed by atoms with van der Waals surface area (Å²) in [6.07, 6.45) is 14.0. The lowest BCUT2D eigenvalue weighted by Crippen LogP contribution is -2.49. The molecule has 0 heterocycles. The average Bonchev–Trinajstić information content (AvgIpc) is 2.92. The Morgan fingerprint density at radius 3 is 2.69 bits per heavy atom. The molecule has 0 aromatic carbocycles. The monoisotopic (exact) mass is 358 g/mol. The molecule has 0 aromatic heterocycles. The molecular weight excluding hydrogens is 324 g/mol. The van der Waals surface area contributed by atoms with Gasteiger partial charge in [-0.2, -0.15) is 0 Å². The van der Waals surface area contributed by atoms with Gasteiger partial charge in [0.25, 0.3) is 0 Å². The van der Waals surface area contributed by atoms with Crippen LogP contribution in [0.15, 0.2) is 23.3 Å². The molecule has 3 nitrogen and oxygen atoms in total. The quantitative estimate of drug-likeness (QED) is 0.570. The Labute approximate surface area is 157 Å². The van der Waals surface area contributed by atoms with Gasteiger partial charge in [0, 0.05) is 13.3 Å². The highest BCUT2D eigenvalue weighted by atomic mass is 16.5. The molecule has 0 spiro atoms. The zero-order chi connectivity index (χ0) is 18.5. The fourth-order valence-electron chi connectivity index (χ4n) is 7.26. The lowest BCUT2D eigenvalue weighted by atomic mass is 9.48. The average molecular weight is 359 g/mol. The van der Waals surface area contributed by atoms with Crippen molar-refractivity contribution in [2.45, 2.75) is 78.2 Å². The fraction of sp³-hybridized carbons (Fsp3) is 0.783. The van der Waals surface area contributed by atoms with Crippen molar-refractivity contribution in [1.29, 1.82) is 0 Å². The highest BCUT2D eigenvalue weighted by Gasteiger charge is 2.57. The summed E-state index contributed by atoms with van der Waals surface area (Å²) in [5.74, 6) is 2.17. The third kappa shape index (κ3) is 2.69. The van der Waals surface area contributed by atoms with Gasteiger partial charge in [-0.15, -0.1) is 0 Å². The van der Waals surface area contributed by atoms with Crippen molar-refractivity contribution in [2.75, 3.05) is 6.61 Å². The van der Waals surface area contributed by atoms with Crippen molar-refractivity contribution < 1.29 is 14.6 Å². The molecule has 0 aliphatic heterocycles. The molecule has 0 amide bonds. The van der Waals surface area contributed by atoms with E-state index >= 15 is 0 Å². The number of aliphatic hydroxyl groups excluding tert-OH is 1. The second-order valence-electron chi connectivity index (χ2n) is 9.64. The van der Waals surface area contributed by atoms with Crippen LogP contribution in [0.1, 0.15) is 72.1 Å². The van der Waals surface area contributed by atoms with E-state index in [1.54, 1.807) is 5.57 Å². The Kier molecular flexibility index (Phi) is 4.58. The highest BCUT2D eigenvalue weighted by molar-refractivity contribution is 5.66. The fourth-order valence-corrected chi connectivity index (χ4v) is 7.26. The molecule has 0 bridgehead atoms. The van der Waals surface area contributed by atoms with Crippen molar-refractivity contribution in [3.05, 3.63) is 23.3 Å². The first-order valence-corrected chi connectivity index (χ1v) is 10.6. The number of carbonyl (C=O) groups is 1. The molecular formula is C23H34O3. The minimum atomic E-state index is -0.143. The standard InChI is InChI=1S/C23H34O3/c1-15(25)26-18-8-11-23(3)17(14-18)4-6-19-20-7-5-16(10-13-24)22(20,2)12-9-21(19)23/h4,10,18-21,24H,5-9,11-14H2,1-3H3/b16-10+/t18-,19+,20+,21+,22-,23+/m1/s1. The molecule has 1 N–H and O–H groups in total. The van der Waals surface area contributed by atoms with Crippen molar-refractivity contribution in [3.8, 4) is 0 Å². The van der Waals surface area contributed by atoms with E-state index < -0.39 is 0 Å². The van der Waals surface area contributed by atoms with Gasteiger partial charge in [-0.05, 0) is 73.5 Å². The molecule has 144 valence electrons. The number of rotatable bonds is 2. The van der Waals surface area contributed by atoms with Crippen molar-refractivity contribution >= 4 is 5.97 Å². The molecule has 4 aliphatic rings. The lowest BCUT2D eigenvalue weighted by Gasteiger charge is -2.57. The van der Waals surface area contributed by atoms with E-state index in [2.05, 4.69) is 26.0 Å². The summed E-state index contributed by atoms with van der Waals surface area (Å²) in [6, 6.07) is 0. The van der Waals surface area contributed by atoms with Crippen LogP contribution in [0.3, 0.4) is 0 Å². The van der Waals surface area contributed by atoms with Crippen LogP contribution in [0.2, 0.25) is 0 Å². The van der Waals surface area contributed by atoms with Crippen LogP contribution in [0.25, 0.3) is 0 Å². The maximum absolute atomic E-state index is 11.4. The van der Waals surface area contributed by atoms with Gasteiger partial charge in [-0.3, -0.25) is 4.79 Å². The number of aliphatic hydroxyl groups is 1. The molecule has 0 aromatic rings. The Hall–Kier alpha value is -1.09. The van der Waals surface area contributed by atoms with E-state index in [1.807, 2.05) is 0 Å². The second kappa shape index (κ2) is 6.51. The van der Waals surface area contributed by atoms with Gasteiger partial charge in [0.05, 0.1) is 6.61 Å². The minimum Gasteiger partial charge on any atom is -0.462 e. The Bertz CT molecular complexity index is 648. The van der Waals surface area contributed by atoms with Gasteiger partial charge in [-0.25, -0.2) is 0 Å². The summed E-state index contributed by atoms with van der Waals surface area (Å²) >= 11 is 0. The predicted molar refractivity (Wildman–Crippen MR) is 102 cm³/mol. The number of fused-ring (bicyclic) bond motifs is 5. The highest BCUT2D eigenvalue weighted by Crippen LogP contribution is 2.66. The van der Waals surface area contributed by atoms with E-state index in [0.29, 0.717) is 10.8 Å². The molecule has 26 heavy (non-hydrogen) atoms. The van der Waals surface area contributed by atoms with Crippen LogP contribution < -0.4 is 0 Å². The molecule has 6 atom stereocenters. The molecule has 3 heteroatoms. The van der Waals surface area contributed by atoms with Crippen LogP contribution in [0.4, 0.5) is 0 Å². The van der Waals surface area contributed by atoms with Gasteiger partial charge in [0.2, 0.25) is 0 Å². The number of hydrogen-bond donors (Lipinski definition) is 1. The first kappa shape index (κ1) is 18.3. The first-order chi connectivity index (χ1) is 12.4. The van der Waals surface area contributed by atoms with Crippen LogP contribution in [-0.2, 0) is 9.53 Å². The van der Waals surface area contributed by atoms with Crippen molar-refractivity contribution in [2.24, 2.45) is 28.6 Å². The molecule has 4 aliphatic carbocycles. The maximum Gasteiger partial charge on any atom is 0.302 e. The third-order valence-electron chi connectivity index (χ3n) is 8.58. The zero-order valence-electron chi connectivity index (χ0n) is 16.6. The molecule has 0 saturated heterocycles. The lowest BCUT2D eigenvalue weighted by molar-refractivity contribution is -0.148. The molecule has 0 unspecified atom stereocenters. The van der Waals surface area contributed by atoms with Crippen LogP contribution >= 0.6 is 0 Å². The minimum absolute atomic E-state index is 0.0859. The van der Waals surface area contributed by atoms with Gasteiger partial charge in [-0.1, -0.05) is 37.1 Å². The molecule has 3 saturated carbocycles. The smallest absolute Gasteiger partial charge is 0.302 e. The summed E-state index contributed by atoms with van der Waals surface area (Å²) in [4.78, 5) is 11.4. The van der Waals surface area contributed by atoms with E-state index in [4.69, 9.17) is 4.74 Å². The summed E-state index contributed by atoms with van der Waals surface area (Å²) in [5, 5.41) is 9.42. The topological polar surface area (TPSA) is 46.5 Å². The molecule has 3 fully saturated rings. The second-order valence-corrected chi connectivity index (χ2v) is 9.64. The van der Waals surface area contributed by atoms with Crippen molar-refractivity contribution in [1.82, 2.24) is 0 Å². The first-order valence-electron chi connectivity index (χ1n) is 10.6. The Morgan fingerprint density at radius 1 is 1.23 bits per heavy atom. The van der Waals surface area contributed by atoms with Gasteiger partial charge >= 0.3 is 5.97 Å². The van der Waals surface area contributed by atoms with Gasteiger partial charge in [0.15, 0.2) is 0 Å². The van der Waals surface area contributed by atoms with E-state index in [1.165, 1.54) is 44.6 Å². The molecule has 4 rings (SSSR count). The van der Waals surface area contributed by atoms with Gasteiger partial charge < -0.3 is 9.84 Å². The number of hydrogen-bond acceptors (Lipinski definition) is 3. The largest absolute Gasteiger partial charge is 0.462 e. The summed E-state index contributed by atoms with van der Waals surface area (Å²) in [5.41, 5.74) is 3.68. The van der Waals surface area contributed by atoms with E-state index in [0.717, 1.165) is 37.0 Å². The zero-order valence-corrected chi connectivity index (χ0v) is 16.6. The maximum atomic E-state index is 11.4. The van der Waals surface area contributed by atoms with Gasteiger partial charge in [0.1, 0.15) is 6.10 Å². The molecule has 0 radical (unpaired) electrons. The number of ether oxygens (including phenoxy) is 1. The SMILES string of the molecule is CC(=O)O[C@@H]1CC[C@@]2(C)C(=CC[C@@H]3[C@@H]2CC[C@]2(C)/C(=C/CO)CC[C@@H]32)C1. The number of allylic oxidation sites excluding steroid dienone is 2.